The SMILES string of the molecule is O=C(O)c1ccc2nc(Cc3ccc(Cl)cc3)[nH]c2c1. The molecule has 100 valence electrons. The predicted octanol–water partition coefficient (Wildman–Crippen LogP) is 3.51. The molecule has 0 saturated heterocycles. The summed E-state index contributed by atoms with van der Waals surface area (Å²) in [5, 5.41) is 9.66. The molecule has 0 fully saturated rings. The number of hydrogen-bond acceptors (Lipinski definition) is 2. The molecule has 0 unspecified atom stereocenters. The third kappa shape index (κ3) is 2.51. The van der Waals surface area contributed by atoms with E-state index in [0.29, 0.717) is 11.4 Å². The third-order valence-electron chi connectivity index (χ3n) is 3.06. The van der Waals surface area contributed by atoms with Gasteiger partial charge in [-0.1, -0.05) is 23.7 Å². The summed E-state index contributed by atoms with van der Waals surface area (Å²) < 4.78 is 0. The molecule has 2 aromatic carbocycles. The van der Waals surface area contributed by atoms with Gasteiger partial charge in [-0.3, -0.25) is 0 Å². The van der Waals surface area contributed by atoms with Gasteiger partial charge in [-0.2, -0.15) is 0 Å². The van der Waals surface area contributed by atoms with Crippen LogP contribution in [0.25, 0.3) is 11.0 Å². The number of rotatable bonds is 3. The summed E-state index contributed by atoms with van der Waals surface area (Å²) in [5.41, 5.74) is 2.83. The van der Waals surface area contributed by atoms with E-state index in [1.807, 2.05) is 24.3 Å². The van der Waals surface area contributed by atoms with Gasteiger partial charge in [-0.15, -0.1) is 0 Å². The van der Waals surface area contributed by atoms with E-state index in [4.69, 9.17) is 16.7 Å². The Hall–Kier alpha value is -2.33. The van der Waals surface area contributed by atoms with Gasteiger partial charge in [0, 0.05) is 11.4 Å². The molecule has 2 N–H and O–H groups in total. The van der Waals surface area contributed by atoms with Gasteiger partial charge >= 0.3 is 5.97 Å². The number of H-pyrrole nitrogens is 1. The Morgan fingerprint density at radius 1 is 1.20 bits per heavy atom. The van der Waals surface area contributed by atoms with Crippen LogP contribution >= 0.6 is 11.6 Å². The average molecular weight is 287 g/mol. The first-order valence-corrected chi connectivity index (χ1v) is 6.46. The molecule has 0 aliphatic carbocycles. The van der Waals surface area contributed by atoms with E-state index >= 15 is 0 Å². The highest BCUT2D eigenvalue weighted by Crippen LogP contribution is 2.17. The zero-order valence-electron chi connectivity index (χ0n) is 10.4. The monoisotopic (exact) mass is 286 g/mol. The quantitative estimate of drug-likeness (QED) is 0.774. The smallest absolute Gasteiger partial charge is 0.335 e. The van der Waals surface area contributed by atoms with Crippen molar-refractivity contribution in [2.45, 2.75) is 6.42 Å². The normalized spacial score (nSPS) is 10.8. The molecule has 0 saturated carbocycles. The van der Waals surface area contributed by atoms with Crippen LogP contribution < -0.4 is 0 Å². The Labute approximate surface area is 120 Å². The summed E-state index contributed by atoms with van der Waals surface area (Å²) in [5.74, 6) is -0.148. The Morgan fingerprint density at radius 2 is 1.95 bits per heavy atom. The molecule has 20 heavy (non-hydrogen) atoms. The lowest BCUT2D eigenvalue weighted by molar-refractivity contribution is 0.0697. The van der Waals surface area contributed by atoms with Crippen LogP contribution in [0.4, 0.5) is 0 Å². The fraction of sp³-hybridized carbons (Fsp3) is 0.0667. The molecule has 0 atom stereocenters. The molecule has 0 aliphatic rings. The summed E-state index contributed by atoms with van der Waals surface area (Å²) in [7, 11) is 0. The molecule has 0 bridgehead atoms. The summed E-state index contributed by atoms with van der Waals surface area (Å²) in [6, 6.07) is 12.4. The van der Waals surface area contributed by atoms with Crippen LogP contribution in [-0.2, 0) is 6.42 Å². The minimum Gasteiger partial charge on any atom is -0.478 e. The summed E-state index contributed by atoms with van der Waals surface area (Å²) in [6.07, 6.45) is 0.647. The van der Waals surface area contributed by atoms with Crippen LogP contribution in [0.5, 0.6) is 0 Å². The highest BCUT2D eigenvalue weighted by molar-refractivity contribution is 6.30. The van der Waals surface area contributed by atoms with Gasteiger partial charge < -0.3 is 10.1 Å². The number of carboxylic acid groups (broad SMARTS) is 1. The number of aromatic amines is 1. The summed E-state index contributed by atoms with van der Waals surface area (Å²) >= 11 is 5.85. The van der Waals surface area contributed by atoms with E-state index in [9.17, 15) is 4.79 Å². The van der Waals surface area contributed by atoms with Crippen molar-refractivity contribution in [3.05, 3.63) is 64.4 Å². The van der Waals surface area contributed by atoms with E-state index in [2.05, 4.69) is 9.97 Å². The number of benzene rings is 2. The minimum absolute atomic E-state index is 0.249. The maximum Gasteiger partial charge on any atom is 0.335 e. The van der Waals surface area contributed by atoms with Gasteiger partial charge in [0.1, 0.15) is 5.82 Å². The molecule has 3 aromatic rings. The van der Waals surface area contributed by atoms with Gasteiger partial charge in [0.25, 0.3) is 0 Å². The lowest BCUT2D eigenvalue weighted by Gasteiger charge is -1.97. The van der Waals surface area contributed by atoms with Crippen molar-refractivity contribution in [3.8, 4) is 0 Å². The first-order valence-electron chi connectivity index (χ1n) is 6.08. The van der Waals surface area contributed by atoms with Crippen molar-refractivity contribution in [2.24, 2.45) is 0 Å². The molecule has 1 heterocycles. The van der Waals surface area contributed by atoms with Crippen molar-refractivity contribution in [2.75, 3.05) is 0 Å². The number of halogens is 1. The van der Waals surface area contributed by atoms with E-state index in [-0.39, 0.29) is 5.56 Å². The van der Waals surface area contributed by atoms with Crippen LogP contribution in [0, 0.1) is 0 Å². The second kappa shape index (κ2) is 4.98. The van der Waals surface area contributed by atoms with Gasteiger partial charge in [0.15, 0.2) is 0 Å². The lowest BCUT2D eigenvalue weighted by atomic mass is 10.1. The summed E-state index contributed by atoms with van der Waals surface area (Å²) in [6.45, 7) is 0. The Balaban J connectivity index is 1.92. The van der Waals surface area contributed by atoms with Gasteiger partial charge in [0.2, 0.25) is 0 Å². The maximum absolute atomic E-state index is 10.9. The highest BCUT2D eigenvalue weighted by atomic mass is 35.5. The van der Waals surface area contributed by atoms with Crippen molar-refractivity contribution < 1.29 is 9.90 Å². The molecule has 5 heteroatoms. The number of imidazole rings is 1. The number of nitrogens with one attached hydrogen (secondary N) is 1. The number of aromatic carboxylic acids is 1. The number of aromatic nitrogens is 2. The first kappa shape index (κ1) is 12.7. The van der Waals surface area contributed by atoms with Crippen molar-refractivity contribution in [1.29, 1.82) is 0 Å². The Bertz CT molecular complexity index is 778. The highest BCUT2D eigenvalue weighted by Gasteiger charge is 2.08. The zero-order valence-corrected chi connectivity index (χ0v) is 11.2. The molecule has 1 aromatic heterocycles. The van der Waals surface area contributed by atoms with E-state index in [1.165, 1.54) is 0 Å². The molecule has 3 rings (SSSR count). The Kier molecular flexibility index (Phi) is 3.16. The van der Waals surface area contributed by atoms with Gasteiger partial charge in [0.05, 0.1) is 16.6 Å². The zero-order chi connectivity index (χ0) is 14.1. The van der Waals surface area contributed by atoms with Crippen molar-refractivity contribution in [1.82, 2.24) is 9.97 Å². The largest absolute Gasteiger partial charge is 0.478 e. The fourth-order valence-electron chi connectivity index (χ4n) is 2.07. The van der Waals surface area contributed by atoms with Crippen LogP contribution in [0.3, 0.4) is 0 Å². The van der Waals surface area contributed by atoms with Crippen LogP contribution in [0.1, 0.15) is 21.7 Å². The number of carboxylic acids is 1. The Morgan fingerprint density at radius 3 is 2.65 bits per heavy atom. The summed E-state index contributed by atoms with van der Waals surface area (Å²) in [4.78, 5) is 18.5. The molecular weight excluding hydrogens is 276 g/mol. The maximum atomic E-state index is 10.9. The van der Waals surface area contributed by atoms with Gasteiger partial charge in [-0.05, 0) is 35.9 Å². The van der Waals surface area contributed by atoms with Crippen molar-refractivity contribution in [3.63, 3.8) is 0 Å². The second-order valence-electron chi connectivity index (χ2n) is 4.52. The standard InChI is InChI=1S/C15H11ClN2O2/c16-11-4-1-9(2-5-11)7-14-17-12-6-3-10(15(19)20)8-13(12)18-14/h1-6,8H,7H2,(H,17,18)(H,19,20). The lowest BCUT2D eigenvalue weighted by Crippen LogP contribution is -1.94. The van der Waals surface area contributed by atoms with Crippen LogP contribution in [0.2, 0.25) is 5.02 Å². The first-order chi connectivity index (χ1) is 9.61. The number of hydrogen-bond donors (Lipinski definition) is 2. The van der Waals surface area contributed by atoms with Crippen molar-refractivity contribution >= 4 is 28.6 Å². The molecule has 0 amide bonds. The molecular formula is C15H11ClN2O2. The number of nitrogens with zero attached hydrogens (tertiary/aromatic N) is 1. The molecule has 0 aliphatic heterocycles. The van der Waals surface area contributed by atoms with E-state index < -0.39 is 5.97 Å². The number of fused-ring (bicyclic) bond motifs is 1. The predicted molar refractivity (Wildman–Crippen MR) is 77.3 cm³/mol. The van der Waals surface area contributed by atoms with Crippen LogP contribution in [-0.4, -0.2) is 21.0 Å². The molecule has 4 nitrogen and oxygen atoms in total. The fourth-order valence-corrected chi connectivity index (χ4v) is 2.20. The average Bonchev–Trinajstić information content (AvgIpc) is 2.82. The third-order valence-corrected chi connectivity index (χ3v) is 3.31. The van der Waals surface area contributed by atoms with E-state index in [0.717, 1.165) is 22.4 Å². The second-order valence-corrected chi connectivity index (χ2v) is 4.96. The molecule has 0 radical (unpaired) electrons. The van der Waals surface area contributed by atoms with Gasteiger partial charge in [-0.25, -0.2) is 9.78 Å². The van der Waals surface area contributed by atoms with Crippen LogP contribution in [0.15, 0.2) is 42.5 Å². The number of carbonyl (C=O) groups is 1. The minimum atomic E-state index is -0.944. The topological polar surface area (TPSA) is 66.0 Å². The molecule has 0 spiro atoms. The van der Waals surface area contributed by atoms with E-state index in [1.54, 1.807) is 18.2 Å².